The fraction of sp³-hybridized carbons (Fsp3) is 0.909. The van der Waals surface area contributed by atoms with Crippen molar-refractivity contribution < 1.29 is 13.2 Å². The molecule has 1 unspecified atom stereocenters. The molecule has 1 atom stereocenters. The number of Topliss-reactive ketones (excluding diaryl/α,β-unsaturated/α-hetero) is 1. The number of hydrogen-bond donors (Lipinski definition) is 0. The molecule has 0 aromatic carbocycles. The van der Waals surface area contributed by atoms with Crippen LogP contribution in [-0.4, -0.2) is 25.2 Å². The molecule has 0 amide bonds. The summed E-state index contributed by atoms with van der Waals surface area (Å²) in [6, 6.07) is 0. The van der Waals surface area contributed by atoms with Crippen LogP contribution in [0.1, 0.15) is 41.0 Å². The van der Waals surface area contributed by atoms with Crippen molar-refractivity contribution >= 4 is 15.6 Å². The van der Waals surface area contributed by atoms with Crippen LogP contribution < -0.4 is 0 Å². The molecule has 0 spiro atoms. The fourth-order valence-corrected chi connectivity index (χ4v) is 2.59. The lowest BCUT2D eigenvalue weighted by molar-refractivity contribution is -0.122. The molecule has 4 heteroatoms. The number of sulfone groups is 1. The summed E-state index contributed by atoms with van der Waals surface area (Å²) in [6.45, 7) is 8.79. The van der Waals surface area contributed by atoms with E-state index in [9.17, 15) is 13.2 Å². The Balaban J connectivity index is 4.42. The van der Waals surface area contributed by atoms with E-state index in [0.717, 1.165) is 0 Å². The third-order valence-corrected chi connectivity index (χ3v) is 5.00. The van der Waals surface area contributed by atoms with Gasteiger partial charge in [-0.3, -0.25) is 4.79 Å². The highest BCUT2D eigenvalue weighted by Gasteiger charge is 2.23. The molecule has 0 heterocycles. The van der Waals surface area contributed by atoms with Gasteiger partial charge in [0.2, 0.25) is 0 Å². The van der Waals surface area contributed by atoms with Crippen LogP contribution in [0.2, 0.25) is 0 Å². The lowest BCUT2D eigenvalue weighted by Crippen LogP contribution is -2.24. The van der Waals surface area contributed by atoms with E-state index >= 15 is 0 Å². The molecule has 0 aromatic heterocycles. The molecule has 3 nitrogen and oxygen atoms in total. The Morgan fingerprint density at radius 1 is 1.13 bits per heavy atom. The van der Waals surface area contributed by atoms with E-state index in [1.165, 1.54) is 6.92 Å². The zero-order chi connectivity index (χ0) is 12.2. The van der Waals surface area contributed by atoms with Crippen molar-refractivity contribution in [2.75, 3.05) is 5.75 Å². The molecule has 0 fully saturated rings. The third-order valence-electron chi connectivity index (χ3n) is 2.76. The minimum Gasteiger partial charge on any atom is -0.300 e. The maximum atomic E-state index is 11.6. The second-order valence-electron chi connectivity index (χ2n) is 4.67. The molecule has 0 aliphatic rings. The zero-order valence-electron chi connectivity index (χ0n) is 10.3. The number of ketones is 1. The summed E-state index contributed by atoms with van der Waals surface area (Å²) >= 11 is 0. The summed E-state index contributed by atoms with van der Waals surface area (Å²) in [4.78, 5) is 11.3. The van der Waals surface area contributed by atoms with E-state index in [0.29, 0.717) is 6.42 Å². The molecule has 0 aromatic rings. The number of carbonyl (C=O) groups is 1. The highest BCUT2D eigenvalue weighted by atomic mass is 32.2. The highest BCUT2D eigenvalue weighted by molar-refractivity contribution is 7.91. The van der Waals surface area contributed by atoms with E-state index < -0.39 is 9.84 Å². The first-order chi connectivity index (χ1) is 6.68. The molecule has 0 bridgehead atoms. The summed E-state index contributed by atoms with van der Waals surface area (Å²) < 4.78 is 23.1. The van der Waals surface area contributed by atoms with Crippen molar-refractivity contribution in [2.24, 2.45) is 11.8 Å². The second-order valence-corrected chi connectivity index (χ2v) is 7.34. The smallest absolute Gasteiger partial charge is 0.152 e. The quantitative estimate of drug-likeness (QED) is 0.707. The van der Waals surface area contributed by atoms with Gasteiger partial charge in [-0.25, -0.2) is 8.42 Å². The van der Waals surface area contributed by atoms with Gasteiger partial charge in [0, 0.05) is 5.92 Å². The summed E-state index contributed by atoms with van der Waals surface area (Å²) in [7, 11) is -3.01. The largest absolute Gasteiger partial charge is 0.300 e. The molecule has 0 saturated heterocycles. The van der Waals surface area contributed by atoms with Crippen LogP contribution in [0.15, 0.2) is 0 Å². The first-order valence-electron chi connectivity index (χ1n) is 5.40. The molecule has 0 rings (SSSR count). The van der Waals surface area contributed by atoms with Gasteiger partial charge in [-0.1, -0.05) is 13.8 Å². The Bertz CT molecular complexity index is 302. The molecule has 15 heavy (non-hydrogen) atoms. The van der Waals surface area contributed by atoms with Crippen molar-refractivity contribution in [3.8, 4) is 0 Å². The molecule has 0 saturated carbocycles. The Kier molecular flexibility index (Phi) is 5.49. The Morgan fingerprint density at radius 2 is 1.60 bits per heavy atom. The van der Waals surface area contributed by atoms with Gasteiger partial charge < -0.3 is 0 Å². The highest BCUT2D eigenvalue weighted by Crippen LogP contribution is 2.18. The molecule has 0 N–H and O–H groups in total. The maximum Gasteiger partial charge on any atom is 0.152 e. The predicted octanol–water partition coefficient (Wildman–Crippen LogP) is 2.06. The van der Waals surface area contributed by atoms with Crippen LogP contribution in [-0.2, 0) is 14.6 Å². The predicted molar refractivity (Wildman–Crippen MR) is 62.5 cm³/mol. The first kappa shape index (κ1) is 14.6. The second kappa shape index (κ2) is 5.64. The van der Waals surface area contributed by atoms with Crippen LogP contribution in [0.25, 0.3) is 0 Å². The third kappa shape index (κ3) is 4.78. The van der Waals surface area contributed by atoms with Crippen molar-refractivity contribution in [3.63, 3.8) is 0 Å². The van der Waals surface area contributed by atoms with Crippen LogP contribution in [0.3, 0.4) is 0 Å². The van der Waals surface area contributed by atoms with Gasteiger partial charge in [0.15, 0.2) is 9.84 Å². The van der Waals surface area contributed by atoms with Crippen molar-refractivity contribution in [3.05, 3.63) is 0 Å². The Labute approximate surface area is 93.2 Å². The zero-order valence-corrected chi connectivity index (χ0v) is 11.1. The van der Waals surface area contributed by atoms with Gasteiger partial charge in [-0.15, -0.1) is 0 Å². The van der Waals surface area contributed by atoms with Crippen molar-refractivity contribution in [1.82, 2.24) is 0 Å². The monoisotopic (exact) mass is 234 g/mol. The lowest BCUT2D eigenvalue weighted by Gasteiger charge is -2.18. The van der Waals surface area contributed by atoms with Crippen LogP contribution in [0.5, 0.6) is 0 Å². The van der Waals surface area contributed by atoms with Crippen LogP contribution in [0, 0.1) is 11.8 Å². The van der Waals surface area contributed by atoms with E-state index in [4.69, 9.17) is 0 Å². The standard InChI is InChI=1S/C11H22O3S/c1-8(2)11(10(5)12)6-7-15(13,14)9(3)4/h8-9,11H,6-7H2,1-5H3. The molecule has 0 aliphatic carbocycles. The number of hydrogen-bond acceptors (Lipinski definition) is 3. The van der Waals surface area contributed by atoms with E-state index in [1.807, 2.05) is 13.8 Å². The van der Waals surface area contributed by atoms with Gasteiger partial charge in [-0.05, 0) is 33.1 Å². The summed E-state index contributed by atoms with van der Waals surface area (Å²) in [5.41, 5.74) is 0. The normalized spacial score (nSPS) is 14.6. The van der Waals surface area contributed by atoms with Gasteiger partial charge in [-0.2, -0.15) is 0 Å². The minimum absolute atomic E-state index is 0.0870. The SMILES string of the molecule is CC(=O)C(CCS(=O)(=O)C(C)C)C(C)C. The minimum atomic E-state index is -3.01. The van der Waals surface area contributed by atoms with Crippen molar-refractivity contribution in [1.29, 1.82) is 0 Å². The summed E-state index contributed by atoms with van der Waals surface area (Å²) in [5, 5.41) is -0.350. The maximum absolute atomic E-state index is 11.6. The molecule has 0 radical (unpaired) electrons. The summed E-state index contributed by atoms with van der Waals surface area (Å²) in [5.74, 6) is 0.292. The topological polar surface area (TPSA) is 51.2 Å². The number of carbonyl (C=O) groups excluding carboxylic acids is 1. The van der Waals surface area contributed by atoms with E-state index in [-0.39, 0.29) is 28.6 Å². The molecule has 90 valence electrons. The average Bonchev–Trinajstić information content (AvgIpc) is 2.02. The molecular weight excluding hydrogens is 212 g/mol. The van der Waals surface area contributed by atoms with Gasteiger partial charge in [0.1, 0.15) is 5.78 Å². The van der Waals surface area contributed by atoms with E-state index in [1.54, 1.807) is 13.8 Å². The van der Waals surface area contributed by atoms with Crippen LogP contribution >= 0.6 is 0 Å². The van der Waals surface area contributed by atoms with Gasteiger partial charge in [0.25, 0.3) is 0 Å². The van der Waals surface area contributed by atoms with Crippen molar-refractivity contribution in [2.45, 2.75) is 46.3 Å². The van der Waals surface area contributed by atoms with Gasteiger partial charge in [0.05, 0.1) is 11.0 Å². The Morgan fingerprint density at radius 3 is 1.87 bits per heavy atom. The number of rotatable bonds is 6. The molecule has 0 aliphatic heterocycles. The lowest BCUT2D eigenvalue weighted by atomic mass is 9.90. The van der Waals surface area contributed by atoms with E-state index in [2.05, 4.69) is 0 Å². The summed E-state index contributed by atoms with van der Waals surface area (Å²) in [6.07, 6.45) is 0.452. The Hall–Kier alpha value is -0.380. The van der Waals surface area contributed by atoms with Gasteiger partial charge >= 0.3 is 0 Å². The first-order valence-corrected chi connectivity index (χ1v) is 7.12. The molecular formula is C11H22O3S. The average molecular weight is 234 g/mol. The fourth-order valence-electron chi connectivity index (χ4n) is 1.53. The van der Waals surface area contributed by atoms with Crippen LogP contribution in [0.4, 0.5) is 0 Å².